The van der Waals surface area contributed by atoms with E-state index in [9.17, 15) is 4.79 Å². The van der Waals surface area contributed by atoms with Crippen LogP contribution in [0.4, 0.5) is 0 Å². The molecular formula is C19H17N3OS. The minimum absolute atomic E-state index is 0.0906. The Morgan fingerprint density at radius 1 is 1.04 bits per heavy atom. The van der Waals surface area contributed by atoms with Crippen molar-refractivity contribution in [2.24, 2.45) is 0 Å². The molecule has 1 amide bonds. The molecule has 0 radical (unpaired) electrons. The van der Waals surface area contributed by atoms with Crippen LogP contribution >= 0.6 is 11.8 Å². The Bertz CT molecular complexity index is 820. The van der Waals surface area contributed by atoms with Gasteiger partial charge in [-0.3, -0.25) is 14.8 Å². The highest BCUT2D eigenvalue weighted by atomic mass is 32.2. The van der Waals surface area contributed by atoms with Gasteiger partial charge >= 0.3 is 0 Å². The zero-order valence-electron chi connectivity index (χ0n) is 13.3. The van der Waals surface area contributed by atoms with Gasteiger partial charge < -0.3 is 5.32 Å². The highest BCUT2D eigenvalue weighted by molar-refractivity contribution is 7.98. The molecule has 3 aromatic rings. The van der Waals surface area contributed by atoms with Gasteiger partial charge in [0.1, 0.15) is 0 Å². The predicted molar refractivity (Wildman–Crippen MR) is 96.9 cm³/mol. The van der Waals surface area contributed by atoms with Gasteiger partial charge in [-0.15, -0.1) is 11.8 Å². The first-order valence-corrected chi connectivity index (χ1v) is 8.77. The van der Waals surface area contributed by atoms with Crippen molar-refractivity contribution in [3.8, 4) is 11.3 Å². The van der Waals surface area contributed by atoms with E-state index in [0.29, 0.717) is 12.1 Å². The Hall–Kier alpha value is -2.66. The van der Waals surface area contributed by atoms with E-state index in [1.165, 1.54) is 0 Å². The molecule has 5 heteroatoms. The summed E-state index contributed by atoms with van der Waals surface area (Å²) in [5.41, 5.74) is 3.47. The number of pyridine rings is 2. The van der Waals surface area contributed by atoms with Crippen molar-refractivity contribution < 1.29 is 4.79 Å². The SMILES string of the molecule is CSc1ccc(C(=O)NCc2cccnc2-c2ccncc2)cc1. The molecule has 2 heterocycles. The third-order valence-electron chi connectivity index (χ3n) is 3.64. The van der Waals surface area contributed by atoms with Gasteiger partial charge in [0.2, 0.25) is 0 Å². The molecule has 4 nitrogen and oxygen atoms in total. The van der Waals surface area contributed by atoms with Crippen LogP contribution in [-0.2, 0) is 6.54 Å². The second kappa shape index (κ2) is 7.75. The second-order valence-corrected chi connectivity index (χ2v) is 6.04. The lowest BCUT2D eigenvalue weighted by Gasteiger charge is -2.10. The summed E-state index contributed by atoms with van der Waals surface area (Å²) in [5, 5.41) is 2.96. The van der Waals surface area contributed by atoms with Crippen molar-refractivity contribution in [2.75, 3.05) is 6.26 Å². The molecule has 1 N–H and O–H groups in total. The van der Waals surface area contributed by atoms with Crippen molar-refractivity contribution in [1.82, 2.24) is 15.3 Å². The van der Waals surface area contributed by atoms with E-state index >= 15 is 0 Å². The lowest BCUT2D eigenvalue weighted by molar-refractivity contribution is 0.0951. The standard InChI is InChI=1S/C19H17N3OS/c1-24-17-6-4-15(5-7-17)19(23)22-13-16-3-2-10-21-18(16)14-8-11-20-12-9-14/h2-12H,13H2,1H3,(H,22,23). The predicted octanol–water partition coefficient (Wildman–Crippen LogP) is 3.80. The Balaban J connectivity index is 1.74. The fourth-order valence-corrected chi connectivity index (χ4v) is 2.78. The Labute approximate surface area is 145 Å². The molecule has 1 aromatic carbocycles. The Morgan fingerprint density at radius 2 is 1.79 bits per heavy atom. The van der Waals surface area contributed by atoms with E-state index in [4.69, 9.17) is 0 Å². The number of nitrogens with zero attached hydrogens (tertiary/aromatic N) is 2. The minimum Gasteiger partial charge on any atom is -0.348 e. The fraction of sp³-hybridized carbons (Fsp3) is 0.105. The van der Waals surface area contributed by atoms with Gasteiger partial charge in [-0.2, -0.15) is 0 Å². The summed E-state index contributed by atoms with van der Waals surface area (Å²) in [4.78, 5) is 21.9. The van der Waals surface area contributed by atoms with Gasteiger partial charge in [-0.25, -0.2) is 0 Å². The number of carbonyl (C=O) groups excluding carboxylic acids is 1. The maximum atomic E-state index is 12.3. The lowest BCUT2D eigenvalue weighted by atomic mass is 10.1. The lowest BCUT2D eigenvalue weighted by Crippen LogP contribution is -2.23. The molecule has 2 aromatic heterocycles. The maximum absolute atomic E-state index is 12.3. The number of benzene rings is 1. The van der Waals surface area contributed by atoms with Crippen molar-refractivity contribution >= 4 is 17.7 Å². The van der Waals surface area contributed by atoms with Gasteiger partial charge in [-0.1, -0.05) is 6.07 Å². The average Bonchev–Trinajstić information content (AvgIpc) is 2.67. The first-order chi connectivity index (χ1) is 11.8. The topological polar surface area (TPSA) is 54.9 Å². The van der Waals surface area contributed by atoms with Crippen LogP contribution in [0.25, 0.3) is 11.3 Å². The summed E-state index contributed by atoms with van der Waals surface area (Å²) in [5.74, 6) is -0.0906. The summed E-state index contributed by atoms with van der Waals surface area (Å²) in [6, 6.07) is 15.3. The first-order valence-electron chi connectivity index (χ1n) is 7.54. The molecule has 3 rings (SSSR count). The summed E-state index contributed by atoms with van der Waals surface area (Å²) in [6.07, 6.45) is 7.24. The first kappa shape index (κ1) is 16.2. The van der Waals surface area contributed by atoms with Crippen molar-refractivity contribution in [2.45, 2.75) is 11.4 Å². The quantitative estimate of drug-likeness (QED) is 0.721. The average molecular weight is 335 g/mol. The zero-order chi connectivity index (χ0) is 16.8. The zero-order valence-corrected chi connectivity index (χ0v) is 14.1. The fourth-order valence-electron chi connectivity index (χ4n) is 2.37. The van der Waals surface area contributed by atoms with Crippen LogP contribution in [0.1, 0.15) is 15.9 Å². The smallest absolute Gasteiger partial charge is 0.251 e. The molecule has 0 aliphatic carbocycles. The van der Waals surface area contributed by atoms with Crippen molar-refractivity contribution in [1.29, 1.82) is 0 Å². The molecule has 0 atom stereocenters. The molecule has 0 saturated heterocycles. The second-order valence-electron chi connectivity index (χ2n) is 5.16. The Kier molecular flexibility index (Phi) is 5.23. The van der Waals surface area contributed by atoms with Gasteiger partial charge in [0.05, 0.1) is 5.69 Å². The van der Waals surface area contributed by atoms with Gasteiger partial charge in [0.25, 0.3) is 5.91 Å². The van der Waals surface area contributed by atoms with Crippen LogP contribution in [0.3, 0.4) is 0 Å². The number of hydrogen-bond acceptors (Lipinski definition) is 4. The van der Waals surface area contributed by atoms with Crippen LogP contribution in [0.2, 0.25) is 0 Å². The number of rotatable bonds is 5. The highest BCUT2D eigenvalue weighted by Crippen LogP contribution is 2.20. The van der Waals surface area contributed by atoms with Crippen molar-refractivity contribution in [3.05, 3.63) is 78.2 Å². The normalized spacial score (nSPS) is 10.4. The number of thioether (sulfide) groups is 1. The number of nitrogens with one attached hydrogen (secondary N) is 1. The van der Waals surface area contributed by atoms with Crippen LogP contribution in [-0.4, -0.2) is 22.1 Å². The molecule has 120 valence electrons. The van der Waals surface area contributed by atoms with Crippen LogP contribution in [0.5, 0.6) is 0 Å². The van der Waals surface area contributed by atoms with E-state index in [-0.39, 0.29) is 5.91 Å². The largest absolute Gasteiger partial charge is 0.348 e. The van der Waals surface area contributed by atoms with E-state index < -0.39 is 0 Å². The molecule has 0 bridgehead atoms. The van der Waals surface area contributed by atoms with Crippen LogP contribution in [0.15, 0.2) is 72.0 Å². The molecular weight excluding hydrogens is 318 g/mol. The molecule has 0 unspecified atom stereocenters. The third-order valence-corrected chi connectivity index (χ3v) is 4.38. The Morgan fingerprint density at radius 3 is 2.50 bits per heavy atom. The third kappa shape index (κ3) is 3.81. The van der Waals surface area contributed by atoms with Gasteiger partial charge in [0.15, 0.2) is 0 Å². The highest BCUT2D eigenvalue weighted by Gasteiger charge is 2.09. The minimum atomic E-state index is -0.0906. The molecule has 0 aliphatic rings. The summed E-state index contributed by atoms with van der Waals surface area (Å²) < 4.78 is 0. The van der Waals surface area contributed by atoms with Gasteiger partial charge in [-0.05, 0) is 54.3 Å². The number of hydrogen-bond donors (Lipinski definition) is 1. The summed E-state index contributed by atoms with van der Waals surface area (Å²) in [7, 11) is 0. The summed E-state index contributed by atoms with van der Waals surface area (Å²) in [6.45, 7) is 0.425. The number of amides is 1. The molecule has 0 saturated carbocycles. The van der Waals surface area contributed by atoms with E-state index in [1.807, 2.05) is 54.8 Å². The van der Waals surface area contributed by atoms with E-state index in [2.05, 4.69) is 15.3 Å². The monoisotopic (exact) mass is 335 g/mol. The maximum Gasteiger partial charge on any atom is 0.251 e. The molecule has 24 heavy (non-hydrogen) atoms. The summed E-state index contributed by atoms with van der Waals surface area (Å²) >= 11 is 1.65. The molecule has 0 spiro atoms. The van der Waals surface area contributed by atoms with Crippen LogP contribution in [0, 0.1) is 0 Å². The number of aromatic nitrogens is 2. The van der Waals surface area contributed by atoms with Gasteiger partial charge in [0, 0.05) is 41.2 Å². The number of carbonyl (C=O) groups is 1. The van der Waals surface area contributed by atoms with E-state index in [1.54, 1.807) is 30.4 Å². The van der Waals surface area contributed by atoms with Crippen molar-refractivity contribution in [3.63, 3.8) is 0 Å². The molecule has 0 fully saturated rings. The van der Waals surface area contributed by atoms with Crippen LogP contribution < -0.4 is 5.32 Å². The van der Waals surface area contributed by atoms with E-state index in [0.717, 1.165) is 21.7 Å². The molecule has 0 aliphatic heterocycles.